The summed E-state index contributed by atoms with van der Waals surface area (Å²) in [5.41, 5.74) is 1.69. The van der Waals surface area contributed by atoms with Gasteiger partial charge in [0.15, 0.2) is 11.5 Å². The standard InChI is InChI=1S/C25H22N2O5/c1-15-8-7-11-20(26-15)27-22(17-12-13-18(31-2)19(14-17)32-3)21(24(29)25(27)30)23(28)16-9-5-4-6-10-16/h4-14,22,28H,1-3H3. The van der Waals surface area contributed by atoms with Gasteiger partial charge in [-0.05, 0) is 36.8 Å². The van der Waals surface area contributed by atoms with Crippen LogP contribution < -0.4 is 14.4 Å². The Bertz CT molecular complexity index is 1220. The summed E-state index contributed by atoms with van der Waals surface area (Å²) in [6.45, 7) is 1.80. The molecule has 1 aliphatic heterocycles. The Morgan fingerprint density at radius 1 is 0.938 bits per heavy atom. The van der Waals surface area contributed by atoms with Crippen molar-refractivity contribution in [3.05, 3.63) is 89.1 Å². The quantitative estimate of drug-likeness (QED) is 0.373. The van der Waals surface area contributed by atoms with Crippen molar-refractivity contribution in [2.45, 2.75) is 13.0 Å². The van der Waals surface area contributed by atoms with Gasteiger partial charge in [0.05, 0.1) is 25.8 Å². The molecule has 2 aromatic carbocycles. The van der Waals surface area contributed by atoms with Gasteiger partial charge in [-0.1, -0.05) is 42.5 Å². The van der Waals surface area contributed by atoms with Crippen molar-refractivity contribution in [3.63, 3.8) is 0 Å². The molecule has 1 amide bonds. The zero-order valence-electron chi connectivity index (χ0n) is 17.9. The monoisotopic (exact) mass is 430 g/mol. The molecule has 1 saturated heterocycles. The second-order valence-corrected chi connectivity index (χ2v) is 7.29. The molecule has 1 fully saturated rings. The Morgan fingerprint density at radius 3 is 2.31 bits per heavy atom. The average Bonchev–Trinajstić information content (AvgIpc) is 3.09. The van der Waals surface area contributed by atoms with Crippen LogP contribution >= 0.6 is 0 Å². The van der Waals surface area contributed by atoms with Crippen molar-refractivity contribution in [2.75, 3.05) is 19.1 Å². The number of ketones is 1. The average molecular weight is 430 g/mol. The molecule has 1 N–H and O–H groups in total. The molecule has 0 saturated carbocycles. The number of aromatic nitrogens is 1. The van der Waals surface area contributed by atoms with E-state index in [1.807, 2.05) is 0 Å². The maximum Gasteiger partial charge on any atom is 0.301 e. The lowest BCUT2D eigenvalue weighted by atomic mass is 9.95. The first-order valence-corrected chi connectivity index (χ1v) is 9.98. The summed E-state index contributed by atoms with van der Waals surface area (Å²) in [4.78, 5) is 32.1. The molecule has 1 aromatic heterocycles. The number of amides is 1. The van der Waals surface area contributed by atoms with Crippen molar-refractivity contribution in [1.82, 2.24) is 4.98 Å². The fourth-order valence-corrected chi connectivity index (χ4v) is 3.82. The molecule has 1 aliphatic rings. The lowest BCUT2D eigenvalue weighted by Gasteiger charge is -2.25. The van der Waals surface area contributed by atoms with Crippen LogP contribution in [-0.4, -0.2) is 36.0 Å². The van der Waals surface area contributed by atoms with Crippen LogP contribution in [0.2, 0.25) is 0 Å². The highest BCUT2D eigenvalue weighted by atomic mass is 16.5. The summed E-state index contributed by atoms with van der Waals surface area (Å²) in [5.74, 6) is -0.537. The van der Waals surface area contributed by atoms with Gasteiger partial charge in [0.25, 0.3) is 5.78 Å². The van der Waals surface area contributed by atoms with E-state index in [1.165, 1.54) is 19.1 Å². The number of aliphatic hydroxyl groups excluding tert-OH is 1. The van der Waals surface area contributed by atoms with E-state index in [0.717, 1.165) is 0 Å². The van der Waals surface area contributed by atoms with Crippen LogP contribution in [0.1, 0.15) is 22.9 Å². The molecule has 4 rings (SSSR count). The smallest absolute Gasteiger partial charge is 0.301 e. The second kappa shape index (κ2) is 8.55. The first kappa shape index (κ1) is 21.1. The van der Waals surface area contributed by atoms with Crippen LogP contribution in [-0.2, 0) is 9.59 Å². The number of hydrogen-bond donors (Lipinski definition) is 1. The van der Waals surface area contributed by atoms with Crippen LogP contribution in [0.3, 0.4) is 0 Å². The predicted octanol–water partition coefficient (Wildman–Crippen LogP) is 4.03. The van der Waals surface area contributed by atoms with Crippen molar-refractivity contribution >= 4 is 23.3 Å². The van der Waals surface area contributed by atoms with Crippen LogP contribution in [0.5, 0.6) is 11.5 Å². The van der Waals surface area contributed by atoms with E-state index in [2.05, 4.69) is 4.98 Å². The van der Waals surface area contributed by atoms with Gasteiger partial charge in [-0.25, -0.2) is 4.98 Å². The number of methoxy groups -OCH3 is 2. The van der Waals surface area contributed by atoms with E-state index in [1.54, 1.807) is 73.7 Å². The number of aryl methyl sites for hydroxylation is 1. The molecule has 0 spiro atoms. The van der Waals surface area contributed by atoms with Crippen molar-refractivity contribution < 1.29 is 24.2 Å². The number of nitrogens with zero attached hydrogens (tertiary/aromatic N) is 2. The van der Waals surface area contributed by atoms with Gasteiger partial charge in [0.2, 0.25) is 0 Å². The highest BCUT2D eigenvalue weighted by Gasteiger charge is 2.47. The van der Waals surface area contributed by atoms with Crippen molar-refractivity contribution in [3.8, 4) is 11.5 Å². The molecular weight excluding hydrogens is 408 g/mol. The second-order valence-electron chi connectivity index (χ2n) is 7.29. The lowest BCUT2D eigenvalue weighted by molar-refractivity contribution is -0.132. The topological polar surface area (TPSA) is 89.0 Å². The van der Waals surface area contributed by atoms with E-state index >= 15 is 0 Å². The Labute approximate surface area is 185 Å². The Morgan fingerprint density at radius 2 is 1.66 bits per heavy atom. The first-order valence-electron chi connectivity index (χ1n) is 9.98. The van der Waals surface area contributed by atoms with Crippen LogP contribution in [0.25, 0.3) is 5.76 Å². The Hall–Kier alpha value is -4.13. The largest absolute Gasteiger partial charge is 0.507 e. The minimum Gasteiger partial charge on any atom is -0.507 e. The molecular formula is C25H22N2O5. The first-order chi connectivity index (χ1) is 15.5. The van der Waals surface area contributed by atoms with E-state index in [-0.39, 0.29) is 11.3 Å². The fourth-order valence-electron chi connectivity index (χ4n) is 3.82. The summed E-state index contributed by atoms with van der Waals surface area (Å²) < 4.78 is 10.7. The SMILES string of the molecule is COc1ccc(C2C(=C(O)c3ccccc3)C(=O)C(=O)N2c2cccc(C)n2)cc1OC. The number of Topliss-reactive ketones (excluding diaryl/α,β-unsaturated/α-hetero) is 1. The van der Waals surface area contributed by atoms with Gasteiger partial charge in [0, 0.05) is 11.3 Å². The number of rotatable bonds is 5. The number of benzene rings is 2. The molecule has 0 bridgehead atoms. The highest BCUT2D eigenvalue weighted by molar-refractivity contribution is 6.51. The number of hydrogen-bond acceptors (Lipinski definition) is 6. The fraction of sp³-hybridized carbons (Fsp3) is 0.160. The molecule has 0 aliphatic carbocycles. The molecule has 1 unspecified atom stereocenters. The molecule has 7 nitrogen and oxygen atoms in total. The Balaban J connectivity index is 1.97. The van der Waals surface area contributed by atoms with Gasteiger partial charge < -0.3 is 14.6 Å². The Kier molecular flexibility index (Phi) is 5.64. The summed E-state index contributed by atoms with van der Waals surface area (Å²) in [6, 6.07) is 18.1. The molecule has 162 valence electrons. The van der Waals surface area contributed by atoms with E-state index in [0.29, 0.717) is 34.1 Å². The minimum absolute atomic E-state index is 0.0169. The maximum absolute atomic E-state index is 13.2. The summed E-state index contributed by atoms with van der Waals surface area (Å²) in [6.07, 6.45) is 0. The number of ether oxygens (including phenoxy) is 2. The van der Waals surface area contributed by atoms with Crippen LogP contribution in [0, 0.1) is 6.92 Å². The third-order valence-corrected chi connectivity index (χ3v) is 5.34. The third-order valence-electron chi connectivity index (χ3n) is 5.34. The highest BCUT2D eigenvalue weighted by Crippen LogP contribution is 2.43. The molecule has 7 heteroatoms. The number of carbonyl (C=O) groups excluding carboxylic acids is 2. The molecule has 2 heterocycles. The van der Waals surface area contributed by atoms with Crippen molar-refractivity contribution in [1.29, 1.82) is 0 Å². The lowest BCUT2D eigenvalue weighted by Crippen LogP contribution is -2.30. The van der Waals surface area contributed by atoms with Crippen LogP contribution in [0.15, 0.2) is 72.3 Å². The summed E-state index contributed by atoms with van der Waals surface area (Å²) in [7, 11) is 3.03. The van der Waals surface area contributed by atoms with Crippen LogP contribution in [0.4, 0.5) is 5.82 Å². The van der Waals surface area contributed by atoms with Gasteiger partial charge in [0.1, 0.15) is 11.6 Å². The number of carbonyl (C=O) groups is 2. The van der Waals surface area contributed by atoms with Gasteiger partial charge in [-0.3, -0.25) is 14.5 Å². The summed E-state index contributed by atoms with van der Waals surface area (Å²) >= 11 is 0. The van der Waals surface area contributed by atoms with Gasteiger partial charge >= 0.3 is 5.91 Å². The normalized spacial score (nSPS) is 17.5. The van der Waals surface area contributed by atoms with E-state index in [4.69, 9.17) is 9.47 Å². The van der Waals surface area contributed by atoms with Gasteiger partial charge in [-0.15, -0.1) is 0 Å². The number of pyridine rings is 1. The third kappa shape index (κ3) is 3.58. The predicted molar refractivity (Wildman–Crippen MR) is 120 cm³/mol. The van der Waals surface area contributed by atoms with E-state index in [9.17, 15) is 14.7 Å². The molecule has 32 heavy (non-hydrogen) atoms. The minimum atomic E-state index is -0.899. The zero-order valence-corrected chi connectivity index (χ0v) is 17.9. The molecule has 1 atom stereocenters. The maximum atomic E-state index is 13.2. The molecule has 0 radical (unpaired) electrons. The number of anilines is 1. The number of aliphatic hydroxyl groups is 1. The van der Waals surface area contributed by atoms with Crippen molar-refractivity contribution in [2.24, 2.45) is 0 Å². The zero-order chi connectivity index (χ0) is 22.8. The van der Waals surface area contributed by atoms with E-state index < -0.39 is 17.7 Å². The molecule has 3 aromatic rings. The summed E-state index contributed by atoms with van der Waals surface area (Å²) in [5, 5.41) is 11.1. The van der Waals surface area contributed by atoms with Gasteiger partial charge in [-0.2, -0.15) is 0 Å².